The van der Waals surface area contributed by atoms with E-state index in [2.05, 4.69) is 32.0 Å². The van der Waals surface area contributed by atoms with Crippen molar-refractivity contribution in [3.63, 3.8) is 0 Å². The fourth-order valence-corrected chi connectivity index (χ4v) is 3.19. The second-order valence-electron chi connectivity index (χ2n) is 6.80. The lowest BCUT2D eigenvalue weighted by molar-refractivity contribution is -0.119. The predicted octanol–water partition coefficient (Wildman–Crippen LogP) is 1.09. The summed E-state index contributed by atoms with van der Waals surface area (Å²) in [4.78, 5) is 22.1. The van der Waals surface area contributed by atoms with Crippen molar-refractivity contribution in [3.05, 3.63) is 18.2 Å². The molecule has 0 saturated carbocycles. The van der Waals surface area contributed by atoms with Gasteiger partial charge in [-0.25, -0.2) is 4.98 Å². The Bertz CT molecular complexity index is 582. The number of likely N-dealkylation sites (tertiary alicyclic amines) is 1. The van der Waals surface area contributed by atoms with Crippen LogP contribution in [-0.2, 0) is 11.3 Å². The van der Waals surface area contributed by atoms with E-state index >= 15 is 0 Å². The Morgan fingerprint density at radius 3 is 2.70 bits per heavy atom. The highest BCUT2D eigenvalue weighted by atomic mass is 127. The highest BCUT2D eigenvalue weighted by molar-refractivity contribution is 14.0. The number of aliphatic imine (C=N–C) groups is 1. The van der Waals surface area contributed by atoms with Crippen LogP contribution in [0.25, 0.3) is 0 Å². The first kappa shape index (κ1) is 23.7. The summed E-state index contributed by atoms with van der Waals surface area (Å²) in [6.45, 7) is 8.90. The van der Waals surface area contributed by atoms with E-state index in [9.17, 15) is 4.79 Å². The number of guanidine groups is 1. The number of unbranched alkanes of at least 4 members (excludes halogenated alkanes) is 1. The number of hydrogen-bond acceptors (Lipinski definition) is 4. The van der Waals surface area contributed by atoms with E-state index in [1.54, 1.807) is 0 Å². The Balaban J connectivity index is 0.00000364. The first-order valence-electron chi connectivity index (χ1n) is 9.61. The van der Waals surface area contributed by atoms with Crippen LogP contribution in [0.1, 0.15) is 38.4 Å². The van der Waals surface area contributed by atoms with E-state index in [-0.39, 0.29) is 29.9 Å². The van der Waals surface area contributed by atoms with Gasteiger partial charge >= 0.3 is 0 Å². The van der Waals surface area contributed by atoms with E-state index in [0.717, 1.165) is 70.2 Å². The van der Waals surface area contributed by atoms with Crippen molar-refractivity contribution in [2.75, 3.05) is 32.7 Å². The van der Waals surface area contributed by atoms with Gasteiger partial charge in [0.2, 0.25) is 5.91 Å². The van der Waals surface area contributed by atoms with Gasteiger partial charge in [-0.15, -0.1) is 24.0 Å². The highest BCUT2D eigenvalue weighted by Gasteiger charge is 2.20. The van der Waals surface area contributed by atoms with Gasteiger partial charge in [0, 0.05) is 51.2 Å². The summed E-state index contributed by atoms with van der Waals surface area (Å²) < 4.78 is 2.17. The van der Waals surface area contributed by atoms with Crippen molar-refractivity contribution < 1.29 is 4.79 Å². The molecule has 27 heavy (non-hydrogen) atoms. The average molecular weight is 491 g/mol. The molecule has 1 aliphatic heterocycles. The number of aromatic nitrogens is 2. The molecule has 1 aromatic heterocycles. The van der Waals surface area contributed by atoms with Crippen molar-refractivity contribution in [2.24, 2.45) is 10.7 Å². The zero-order valence-corrected chi connectivity index (χ0v) is 18.8. The topological polar surface area (TPSA) is 101 Å². The molecular weight excluding hydrogens is 457 g/mol. The molecule has 8 nitrogen and oxygen atoms in total. The molecule has 1 fully saturated rings. The van der Waals surface area contributed by atoms with Crippen molar-refractivity contribution in [1.29, 1.82) is 0 Å². The standard InChI is InChI=1S/C18H33N7O.HI/c1-3-20-18(22-8-4-5-10-25-13-9-21-15(25)2)23-16-6-11-24(12-7-16)14-17(19)26;/h9,13,16H,3-8,10-12,14H2,1-2H3,(H2,19,26)(H2,20,22,23);1H. The number of amides is 1. The largest absolute Gasteiger partial charge is 0.369 e. The molecular formula is C18H34IN7O. The maximum atomic E-state index is 11.0. The molecule has 0 aromatic carbocycles. The summed E-state index contributed by atoms with van der Waals surface area (Å²) in [6, 6.07) is 0.394. The van der Waals surface area contributed by atoms with Crippen molar-refractivity contribution >= 4 is 35.8 Å². The van der Waals surface area contributed by atoms with Crippen LogP contribution in [0.5, 0.6) is 0 Å². The second kappa shape index (κ2) is 12.9. The lowest BCUT2D eigenvalue weighted by atomic mass is 10.1. The Morgan fingerprint density at radius 1 is 1.37 bits per heavy atom. The number of aryl methyl sites for hydroxylation is 2. The van der Waals surface area contributed by atoms with Gasteiger partial charge in [-0.2, -0.15) is 0 Å². The number of halogens is 1. The SMILES string of the molecule is CCNC(=NCCCCn1ccnc1C)NC1CCN(CC(N)=O)CC1.I. The molecule has 0 radical (unpaired) electrons. The van der Waals surface area contributed by atoms with Crippen LogP contribution in [0.4, 0.5) is 0 Å². The molecule has 1 saturated heterocycles. The molecule has 1 aliphatic rings. The van der Waals surface area contributed by atoms with E-state index < -0.39 is 0 Å². The van der Waals surface area contributed by atoms with Crippen LogP contribution in [0.3, 0.4) is 0 Å². The van der Waals surface area contributed by atoms with Gasteiger partial charge < -0.3 is 20.9 Å². The molecule has 0 bridgehead atoms. The van der Waals surface area contributed by atoms with Crippen molar-refractivity contribution in [1.82, 2.24) is 25.1 Å². The molecule has 0 spiro atoms. The fourth-order valence-electron chi connectivity index (χ4n) is 3.19. The predicted molar refractivity (Wildman–Crippen MR) is 119 cm³/mol. The second-order valence-corrected chi connectivity index (χ2v) is 6.80. The number of carbonyl (C=O) groups excluding carboxylic acids is 1. The summed E-state index contributed by atoms with van der Waals surface area (Å²) >= 11 is 0. The zero-order valence-electron chi connectivity index (χ0n) is 16.5. The van der Waals surface area contributed by atoms with Gasteiger partial charge in [0.05, 0.1) is 6.54 Å². The smallest absolute Gasteiger partial charge is 0.231 e. The average Bonchev–Trinajstić information content (AvgIpc) is 3.01. The summed E-state index contributed by atoms with van der Waals surface area (Å²) in [6.07, 6.45) is 8.00. The number of rotatable bonds is 9. The minimum Gasteiger partial charge on any atom is -0.369 e. The monoisotopic (exact) mass is 491 g/mol. The number of imidazole rings is 1. The van der Waals surface area contributed by atoms with Gasteiger partial charge in [-0.3, -0.25) is 14.7 Å². The third-order valence-corrected chi connectivity index (χ3v) is 4.65. The number of nitrogens with two attached hydrogens (primary N) is 1. The number of nitrogens with zero attached hydrogens (tertiary/aromatic N) is 4. The maximum Gasteiger partial charge on any atom is 0.231 e. The fraction of sp³-hybridized carbons (Fsp3) is 0.722. The molecule has 0 atom stereocenters. The summed E-state index contributed by atoms with van der Waals surface area (Å²) in [5, 5.41) is 6.85. The van der Waals surface area contributed by atoms with E-state index in [4.69, 9.17) is 10.7 Å². The summed E-state index contributed by atoms with van der Waals surface area (Å²) in [5.74, 6) is 1.70. The number of piperidine rings is 1. The lowest BCUT2D eigenvalue weighted by Crippen LogP contribution is -2.49. The Morgan fingerprint density at radius 2 is 2.11 bits per heavy atom. The Labute approximate surface area is 179 Å². The van der Waals surface area contributed by atoms with Gasteiger partial charge in [-0.05, 0) is 39.5 Å². The van der Waals surface area contributed by atoms with Crippen molar-refractivity contribution in [2.45, 2.75) is 52.1 Å². The van der Waals surface area contributed by atoms with E-state index in [1.165, 1.54) is 0 Å². The summed E-state index contributed by atoms with van der Waals surface area (Å²) in [7, 11) is 0. The normalized spacial score (nSPS) is 16.0. The number of nitrogens with one attached hydrogen (secondary N) is 2. The first-order chi connectivity index (χ1) is 12.6. The summed E-state index contributed by atoms with van der Waals surface area (Å²) in [5.41, 5.74) is 5.27. The third-order valence-electron chi connectivity index (χ3n) is 4.65. The van der Waals surface area contributed by atoms with Crippen LogP contribution in [0.15, 0.2) is 17.4 Å². The van der Waals surface area contributed by atoms with E-state index in [0.29, 0.717) is 12.6 Å². The molecule has 2 heterocycles. The van der Waals surface area contributed by atoms with Gasteiger partial charge in [0.1, 0.15) is 5.82 Å². The Kier molecular flexibility index (Phi) is 11.3. The maximum absolute atomic E-state index is 11.0. The minimum atomic E-state index is -0.253. The Hall–Kier alpha value is -1.36. The van der Waals surface area contributed by atoms with Crippen LogP contribution in [0.2, 0.25) is 0 Å². The van der Waals surface area contributed by atoms with Gasteiger partial charge in [0.25, 0.3) is 0 Å². The van der Waals surface area contributed by atoms with Crippen LogP contribution >= 0.6 is 24.0 Å². The van der Waals surface area contributed by atoms with Gasteiger partial charge in [0.15, 0.2) is 5.96 Å². The van der Waals surface area contributed by atoms with Crippen LogP contribution < -0.4 is 16.4 Å². The molecule has 4 N–H and O–H groups in total. The number of hydrogen-bond donors (Lipinski definition) is 3. The van der Waals surface area contributed by atoms with Crippen LogP contribution in [0, 0.1) is 6.92 Å². The molecule has 2 rings (SSSR count). The highest BCUT2D eigenvalue weighted by Crippen LogP contribution is 2.09. The minimum absolute atomic E-state index is 0. The number of carbonyl (C=O) groups is 1. The number of primary amides is 1. The molecule has 1 aromatic rings. The molecule has 0 aliphatic carbocycles. The molecule has 9 heteroatoms. The molecule has 0 unspecified atom stereocenters. The van der Waals surface area contributed by atoms with Crippen LogP contribution in [-0.4, -0.2) is 65.1 Å². The lowest BCUT2D eigenvalue weighted by Gasteiger charge is -2.32. The van der Waals surface area contributed by atoms with Crippen molar-refractivity contribution in [3.8, 4) is 0 Å². The van der Waals surface area contributed by atoms with Gasteiger partial charge in [-0.1, -0.05) is 0 Å². The quantitative estimate of drug-likeness (QED) is 0.208. The van der Waals surface area contributed by atoms with E-state index in [1.807, 2.05) is 19.3 Å². The third kappa shape index (κ3) is 8.91. The molecule has 1 amide bonds. The zero-order chi connectivity index (χ0) is 18.8. The molecule has 154 valence electrons. The first-order valence-corrected chi connectivity index (χ1v) is 9.61.